The summed E-state index contributed by atoms with van der Waals surface area (Å²) in [6.45, 7) is 4.29. The molecule has 0 bridgehead atoms. The van der Waals surface area contributed by atoms with Crippen LogP contribution in [0.15, 0.2) is 46.9 Å². The number of nitriles is 1. The molecule has 102 valence electrons. The Bertz CT molecular complexity index is 626. The van der Waals surface area contributed by atoms with Crippen molar-refractivity contribution in [2.45, 2.75) is 26.3 Å². The number of nitrogens with zero attached hydrogens (tertiary/aromatic N) is 1. The third-order valence-corrected chi connectivity index (χ3v) is 4.01. The zero-order valence-electron chi connectivity index (χ0n) is 11.7. The van der Waals surface area contributed by atoms with Crippen LogP contribution in [0.4, 0.5) is 5.69 Å². The van der Waals surface area contributed by atoms with Crippen LogP contribution in [-0.2, 0) is 6.42 Å². The van der Waals surface area contributed by atoms with E-state index in [-0.39, 0.29) is 6.04 Å². The van der Waals surface area contributed by atoms with Crippen molar-refractivity contribution in [3.8, 4) is 6.07 Å². The number of hydrogen-bond donors (Lipinski definition) is 1. The SMILES string of the molecule is CCc1ccc(C(C)Nc2ccc(C#N)cc2Br)cc1. The summed E-state index contributed by atoms with van der Waals surface area (Å²) >= 11 is 3.50. The molecular weight excluding hydrogens is 312 g/mol. The summed E-state index contributed by atoms with van der Waals surface area (Å²) in [6, 6.07) is 16.6. The van der Waals surface area contributed by atoms with Crippen molar-refractivity contribution in [1.29, 1.82) is 5.26 Å². The van der Waals surface area contributed by atoms with Crippen molar-refractivity contribution in [3.05, 3.63) is 63.6 Å². The summed E-state index contributed by atoms with van der Waals surface area (Å²) in [7, 11) is 0. The monoisotopic (exact) mass is 328 g/mol. The van der Waals surface area contributed by atoms with Crippen molar-refractivity contribution in [3.63, 3.8) is 0 Å². The molecule has 0 radical (unpaired) electrons. The maximum Gasteiger partial charge on any atom is 0.0992 e. The highest BCUT2D eigenvalue weighted by molar-refractivity contribution is 9.10. The summed E-state index contributed by atoms with van der Waals surface area (Å²) in [4.78, 5) is 0. The molecule has 2 rings (SSSR count). The Kier molecular flexibility index (Phi) is 4.81. The van der Waals surface area contributed by atoms with E-state index >= 15 is 0 Å². The molecule has 3 heteroatoms. The highest BCUT2D eigenvalue weighted by Gasteiger charge is 2.08. The van der Waals surface area contributed by atoms with Gasteiger partial charge < -0.3 is 5.32 Å². The van der Waals surface area contributed by atoms with Gasteiger partial charge in [0.2, 0.25) is 0 Å². The maximum absolute atomic E-state index is 8.87. The summed E-state index contributed by atoms with van der Waals surface area (Å²) in [5.74, 6) is 0. The van der Waals surface area contributed by atoms with Crippen LogP contribution in [0.3, 0.4) is 0 Å². The number of halogens is 1. The van der Waals surface area contributed by atoms with Crippen molar-refractivity contribution in [2.24, 2.45) is 0 Å². The van der Waals surface area contributed by atoms with Gasteiger partial charge in [-0.05, 0) is 58.6 Å². The molecule has 20 heavy (non-hydrogen) atoms. The molecular formula is C17H17BrN2. The van der Waals surface area contributed by atoms with Gasteiger partial charge in [0.25, 0.3) is 0 Å². The Hall–Kier alpha value is -1.79. The Morgan fingerprint density at radius 2 is 1.90 bits per heavy atom. The molecule has 2 aromatic carbocycles. The Morgan fingerprint density at radius 1 is 1.20 bits per heavy atom. The van der Waals surface area contributed by atoms with Crippen molar-refractivity contribution < 1.29 is 0 Å². The first-order valence-electron chi connectivity index (χ1n) is 6.69. The summed E-state index contributed by atoms with van der Waals surface area (Å²) in [5.41, 5.74) is 4.25. The van der Waals surface area contributed by atoms with Crippen LogP contribution in [-0.4, -0.2) is 0 Å². The first-order valence-corrected chi connectivity index (χ1v) is 7.48. The number of rotatable bonds is 4. The van der Waals surface area contributed by atoms with Crippen LogP contribution < -0.4 is 5.32 Å². The minimum atomic E-state index is 0.213. The van der Waals surface area contributed by atoms with Gasteiger partial charge in [-0.2, -0.15) is 5.26 Å². The van der Waals surface area contributed by atoms with E-state index in [4.69, 9.17) is 5.26 Å². The molecule has 0 aliphatic heterocycles. The van der Waals surface area contributed by atoms with Crippen molar-refractivity contribution in [2.75, 3.05) is 5.32 Å². The number of aryl methyl sites for hydroxylation is 1. The van der Waals surface area contributed by atoms with Crippen LogP contribution in [0.25, 0.3) is 0 Å². The first kappa shape index (κ1) is 14.6. The van der Waals surface area contributed by atoms with Crippen LogP contribution in [0, 0.1) is 11.3 Å². The standard InChI is InChI=1S/C17H17BrN2/c1-3-13-4-7-15(8-5-13)12(2)20-17-9-6-14(11-19)10-16(17)18/h4-10,12,20H,3H2,1-2H3. The second kappa shape index (κ2) is 6.58. The second-order valence-electron chi connectivity index (χ2n) is 4.77. The first-order chi connectivity index (χ1) is 9.63. The molecule has 0 heterocycles. The zero-order valence-corrected chi connectivity index (χ0v) is 13.2. The molecule has 0 saturated heterocycles. The fourth-order valence-electron chi connectivity index (χ4n) is 2.06. The molecule has 0 spiro atoms. The molecule has 1 atom stereocenters. The third-order valence-electron chi connectivity index (χ3n) is 3.36. The predicted molar refractivity (Wildman–Crippen MR) is 86.7 cm³/mol. The fourth-order valence-corrected chi connectivity index (χ4v) is 2.55. The van der Waals surface area contributed by atoms with Gasteiger partial charge in [-0.15, -0.1) is 0 Å². The van der Waals surface area contributed by atoms with E-state index < -0.39 is 0 Å². The number of benzene rings is 2. The van der Waals surface area contributed by atoms with Gasteiger partial charge in [0.1, 0.15) is 0 Å². The van der Waals surface area contributed by atoms with Crippen LogP contribution in [0.1, 0.15) is 36.6 Å². The molecule has 2 aromatic rings. The van der Waals surface area contributed by atoms with Crippen LogP contribution in [0.2, 0.25) is 0 Å². The Morgan fingerprint density at radius 3 is 2.45 bits per heavy atom. The number of anilines is 1. The maximum atomic E-state index is 8.87. The molecule has 2 nitrogen and oxygen atoms in total. The fraction of sp³-hybridized carbons (Fsp3) is 0.235. The minimum absolute atomic E-state index is 0.213. The molecule has 1 N–H and O–H groups in total. The second-order valence-corrected chi connectivity index (χ2v) is 5.62. The van der Waals surface area contributed by atoms with Crippen LogP contribution in [0.5, 0.6) is 0 Å². The topological polar surface area (TPSA) is 35.8 Å². The average Bonchev–Trinajstić information content (AvgIpc) is 2.49. The Labute approximate surface area is 128 Å². The minimum Gasteiger partial charge on any atom is -0.378 e. The van der Waals surface area contributed by atoms with E-state index in [1.807, 2.05) is 18.2 Å². The van der Waals surface area contributed by atoms with E-state index in [9.17, 15) is 0 Å². The molecule has 0 aliphatic rings. The predicted octanol–water partition coefficient (Wildman–Crippen LogP) is 5.06. The van der Waals surface area contributed by atoms with Crippen molar-refractivity contribution in [1.82, 2.24) is 0 Å². The lowest BCUT2D eigenvalue weighted by Crippen LogP contribution is -2.07. The highest BCUT2D eigenvalue weighted by atomic mass is 79.9. The van der Waals surface area contributed by atoms with Crippen molar-refractivity contribution >= 4 is 21.6 Å². The molecule has 0 aliphatic carbocycles. The molecule has 0 fully saturated rings. The molecule has 0 aromatic heterocycles. The molecule has 0 saturated carbocycles. The smallest absolute Gasteiger partial charge is 0.0992 e. The van der Waals surface area contributed by atoms with E-state index in [0.717, 1.165) is 16.6 Å². The number of hydrogen-bond acceptors (Lipinski definition) is 2. The summed E-state index contributed by atoms with van der Waals surface area (Å²) in [5, 5.41) is 12.3. The normalized spacial score (nSPS) is 11.7. The lowest BCUT2D eigenvalue weighted by molar-refractivity contribution is 0.881. The highest BCUT2D eigenvalue weighted by Crippen LogP contribution is 2.27. The average molecular weight is 329 g/mol. The number of nitrogens with one attached hydrogen (secondary N) is 1. The van der Waals surface area contributed by atoms with E-state index in [1.165, 1.54) is 11.1 Å². The van der Waals surface area contributed by atoms with Gasteiger partial charge in [-0.25, -0.2) is 0 Å². The largest absolute Gasteiger partial charge is 0.378 e. The molecule has 0 amide bonds. The van der Waals surface area contributed by atoms with Gasteiger partial charge in [-0.1, -0.05) is 31.2 Å². The lowest BCUT2D eigenvalue weighted by atomic mass is 10.0. The van der Waals surface area contributed by atoms with E-state index in [1.54, 1.807) is 0 Å². The van der Waals surface area contributed by atoms with Gasteiger partial charge in [0, 0.05) is 16.2 Å². The van der Waals surface area contributed by atoms with Gasteiger partial charge >= 0.3 is 0 Å². The quantitative estimate of drug-likeness (QED) is 0.851. The molecule has 1 unspecified atom stereocenters. The zero-order chi connectivity index (χ0) is 14.5. The van der Waals surface area contributed by atoms with Gasteiger partial charge in [0.05, 0.1) is 11.6 Å². The van der Waals surface area contributed by atoms with Crippen LogP contribution >= 0.6 is 15.9 Å². The van der Waals surface area contributed by atoms with E-state index in [2.05, 4.69) is 65.4 Å². The van der Waals surface area contributed by atoms with Gasteiger partial charge in [-0.3, -0.25) is 0 Å². The van der Waals surface area contributed by atoms with E-state index in [0.29, 0.717) is 5.56 Å². The lowest BCUT2D eigenvalue weighted by Gasteiger charge is -2.17. The van der Waals surface area contributed by atoms with Gasteiger partial charge in [0.15, 0.2) is 0 Å². The summed E-state index contributed by atoms with van der Waals surface area (Å²) in [6.07, 6.45) is 1.06. The third kappa shape index (κ3) is 3.40. The Balaban J connectivity index is 2.14. The summed E-state index contributed by atoms with van der Waals surface area (Å²) < 4.78 is 0.911.